The second kappa shape index (κ2) is 8.27. The van der Waals surface area contributed by atoms with E-state index in [-0.39, 0.29) is 12.2 Å². The van der Waals surface area contributed by atoms with E-state index < -0.39 is 11.8 Å². The molecule has 0 aliphatic rings. The van der Waals surface area contributed by atoms with Crippen molar-refractivity contribution in [2.45, 2.75) is 19.8 Å². The zero-order chi connectivity index (χ0) is 19.2. The number of benzene rings is 2. The third-order valence-electron chi connectivity index (χ3n) is 4.04. The Morgan fingerprint density at radius 2 is 1.74 bits per heavy atom. The molecule has 0 spiro atoms. The first kappa shape index (κ1) is 18.3. The molecule has 0 unspecified atom stereocenters. The molecule has 0 saturated carbocycles. The lowest BCUT2D eigenvalue weighted by atomic mass is 10.1. The van der Waals surface area contributed by atoms with Gasteiger partial charge in [0, 0.05) is 0 Å². The van der Waals surface area contributed by atoms with Gasteiger partial charge in [0.2, 0.25) is 5.91 Å². The SMILES string of the molecule is CCc1c(C(=O)NNC(=O)Cc2ccc(F)cc2)cnn1-c1ccccc1. The quantitative estimate of drug-likeness (QED) is 0.682. The van der Waals surface area contributed by atoms with Gasteiger partial charge in [0.25, 0.3) is 5.91 Å². The Hall–Kier alpha value is -3.48. The van der Waals surface area contributed by atoms with E-state index in [1.54, 1.807) is 4.68 Å². The Labute approximate surface area is 156 Å². The molecule has 7 heteroatoms. The Balaban J connectivity index is 1.65. The highest BCUT2D eigenvalue weighted by Crippen LogP contribution is 2.15. The minimum absolute atomic E-state index is 0.0322. The molecule has 1 aromatic heterocycles. The monoisotopic (exact) mass is 366 g/mol. The summed E-state index contributed by atoms with van der Waals surface area (Å²) in [6.07, 6.45) is 2.11. The van der Waals surface area contributed by atoms with Gasteiger partial charge in [0.15, 0.2) is 0 Å². The molecule has 1 heterocycles. The highest BCUT2D eigenvalue weighted by atomic mass is 19.1. The molecule has 27 heavy (non-hydrogen) atoms. The number of hydrazine groups is 1. The minimum Gasteiger partial charge on any atom is -0.273 e. The zero-order valence-electron chi connectivity index (χ0n) is 14.8. The van der Waals surface area contributed by atoms with Crippen molar-refractivity contribution >= 4 is 11.8 Å². The number of amides is 2. The van der Waals surface area contributed by atoms with E-state index >= 15 is 0 Å². The first-order valence-corrected chi connectivity index (χ1v) is 8.54. The van der Waals surface area contributed by atoms with Gasteiger partial charge in [-0.05, 0) is 36.2 Å². The lowest BCUT2D eigenvalue weighted by molar-refractivity contribution is -0.121. The van der Waals surface area contributed by atoms with Crippen molar-refractivity contribution in [1.82, 2.24) is 20.6 Å². The van der Waals surface area contributed by atoms with Crippen LogP contribution in [0, 0.1) is 5.82 Å². The van der Waals surface area contributed by atoms with Crippen LogP contribution < -0.4 is 10.9 Å². The summed E-state index contributed by atoms with van der Waals surface area (Å²) in [5.41, 5.74) is 7.42. The number of para-hydroxylation sites is 1. The van der Waals surface area contributed by atoms with E-state index in [0.29, 0.717) is 17.5 Å². The molecule has 2 aromatic carbocycles. The highest BCUT2D eigenvalue weighted by Gasteiger charge is 2.17. The van der Waals surface area contributed by atoms with Gasteiger partial charge in [-0.1, -0.05) is 37.3 Å². The number of halogens is 1. The molecule has 0 bridgehead atoms. The van der Waals surface area contributed by atoms with E-state index in [1.165, 1.54) is 30.5 Å². The predicted molar refractivity (Wildman–Crippen MR) is 98.7 cm³/mol. The van der Waals surface area contributed by atoms with Crippen LogP contribution in [0.2, 0.25) is 0 Å². The van der Waals surface area contributed by atoms with Crippen molar-refractivity contribution in [3.05, 3.63) is 83.4 Å². The summed E-state index contributed by atoms with van der Waals surface area (Å²) in [7, 11) is 0. The minimum atomic E-state index is -0.443. The molecule has 138 valence electrons. The van der Waals surface area contributed by atoms with Crippen LogP contribution in [0.4, 0.5) is 4.39 Å². The third-order valence-corrected chi connectivity index (χ3v) is 4.04. The summed E-state index contributed by atoms with van der Waals surface area (Å²) in [4.78, 5) is 24.4. The van der Waals surface area contributed by atoms with Gasteiger partial charge < -0.3 is 0 Å². The molecule has 3 rings (SSSR count). The molecule has 6 nitrogen and oxygen atoms in total. The van der Waals surface area contributed by atoms with Gasteiger partial charge in [0.05, 0.1) is 29.6 Å². The van der Waals surface area contributed by atoms with Crippen molar-refractivity contribution in [2.75, 3.05) is 0 Å². The van der Waals surface area contributed by atoms with Gasteiger partial charge >= 0.3 is 0 Å². The Morgan fingerprint density at radius 1 is 1.04 bits per heavy atom. The maximum absolute atomic E-state index is 12.9. The van der Waals surface area contributed by atoms with Crippen LogP contribution in [0.3, 0.4) is 0 Å². The van der Waals surface area contributed by atoms with Crippen molar-refractivity contribution in [2.24, 2.45) is 0 Å². The second-order valence-electron chi connectivity index (χ2n) is 5.91. The predicted octanol–water partition coefficient (Wildman–Crippen LogP) is 2.58. The number of nitrogens with one attached hydrogen (secondary N) is 2. The van der Waals surface area contributed by atoms with Crippen LogP contribution in [0.5, 0.6) is 0 Å². The molecule has 0 radical (unpaired) electrons. The number of hydrogen-bond donors (Lipinski definition) is 2. The fourth-order valence-corrected chi connectivity index (χ4v) is 2.72. The van der Waals surface area contributed by atoms with E-state index in [2.05, 4.69) is 16.0 Å². The molecular formula is C20H19FN4O2. The Bertz CT molecular complexity index is 936. The van der Waals surface area contributed by atoms with Crippen molar-refractivity contribution in [3.8, 4) is 5.69 Å². The lowest BCUT2D eigenvalue weighted by Crippen LogP contribution is -2.42. The smallest absolute Gasteiger partial charge is 0.273 e. The lowest BCUT2D eigenvalue weighted by Gasteiger charge is -2.09. The normalized spacial score (nSPS) is 10.4. The summed E-state index contributed by atoms with van der Waals surface area (Å²) < 4.78 is 14.6. The van der Waals surface area contributed by atoms with Gasteiger partial charge in [-0.2, -0.15) is 5.10 Å². The highest BCUT2D eigenvalue weighted by molar-refractivity contribution is 5.96. The van der Waals surface area contributed by atoms with Crippen LogP contribution in [0.15, 0.2) is 60.8 Å². The van der Waals surface area contributed by atoms with Gasteiger partial charge in [-0.3, -0.25) is 20.4 Å². The Kier molecular flexibility index (Phi) is 5.61. The Morgan fingerprint density at radius 3 is 2.41 bits per heavy atom. The average molecular weight is 366 g/mol. The molecule has 0 aliphatic heterocycles. The molecule has 0 fully saturated rings. The number of rotatable bonds is 5. The number of carbonyl (C=O) groups is 2. The largest absolute Gasteiger partial charge is 0.273 e. The summed E-state index contributed by atoms with van der Waals surface area (Å²) in [5, 5.41) is 4.29. The molecule has 0 atom stereocenters. The molecule has 0 saturated heterocycles. The zero-order valence-corrected chi connectivity index (χ0v) is 14.8. The van der Waals surface area contributed by atoms with Gasteiger partial charge in [0.1, 0.15) is 5.82 Å². The first-order valence-electron chi connectivity index (χ1n) is 8.54. The van der Waals surface area contributed by atoms with Crippen LogP contribution >= 0.6 is 0 Å². The standard InChI is InChI=1S/C20H19FN4O2/c1-2-18-17(13-22-25(18)16-6-4-3-5-7-16)20(27)24-23-19(26)12-14-8-10-15(21)11-9-14/h3-11,13H,2,12H2,1H3,(H,23,26)(H,24,27). The van der Waals surface area contributed by atoms with Gasteiger partial charge in [-0.25, -0.2) is 9.07 Å². The number of hydrogen-bond acceptors (Lipinski definition) is 3. The summed E-state index contributed by atoms with van der Waals surface area (Å²) in [6, 6.07) is 15.1. The fraction of sp³-hybridized carbons (Fsp3) is 0.150. The summed E-state index contributed by atoms with van der Waals surface area (Å²) in [6.45, 7) is 1.93. The van der Waals surface area contributed by atoms with Crippen LogP contribution in [0.1, 0.15) is 28.5 Å². The van der Waals surface area contributed by atoms with Crippen LogP contribution in [-0.4, -0.2) is 21.6 Å². The van der Waals surface area contributed by atoms with Crippen LogP contribution in [-0.2, 0) is 17.6 Å². The van der Waals surface area contributed by atoms with Crippen molar-refractivity contribution < 1.29 is 14.0 Å². The van der Waals surface area contributed by atoms with Crippen molar-refractivity contribution in [3.63, 3.8) is 0 Å². The van der Waals surface area contributed by atoms with Gasteiger partial charge in [-0.15, -0.1) is 0 Å². The van der Waals surface area contributed by atoms with E-state index in [9.17, 15) is 14.0 Å². The first-order chi connectivity index (χ1) is 13.1. The van der Waals surface area contributed by atoms with E-state index in [0.717, 1.165) is 11.4 Å². The maximum atomic E-state index is 12.9. The molecule has 2 amide bonds. The second-order valence-corrected chi connectivity index (χ2v) is 5.91. The number of aromatic nitrogens is 2. The fourth-order valence-electron chi connectivity index (χ4n) is 2.72. The summed E-state index contributed by atoms with van der Waals surface area (Å²) in [5.74, 6) is -1.21. The van der Waals surface area contributed by atoms with Crippen molar-refractivity contribution in [1.29, 1.82) is 0 Å². The van der Waals surface area contributed by atoms with E-state index in [4.69, 9.17) is 0 Å². The molecule has 3 aromatic rings. The third kappa shape index (κ3) is 4.38. The average Bonchev–Trinajstić information content (AvgIpc) is 3.13. The number of carbonyl (C=O) groups excluding carboxylic acids is 2. The summed E-state index contributed by atoms with van der Waals surface area (Å²) >= 11 is 0. The molecular weight excluding hydrogens is 347 g/mol. The van der Waals surface area contributed by atoms with E-state index in [1.807, 2.05) is 37.3 Å². The number of nitrogens with zero attached hydrogens (tertiary/aromatic N) is 2. The van der Waals surface area contributed by atoms with Crippen LogP contribution in [0.25, 0.3) is 5.69 Å². The molecule has 2 N–H and O–H groups in total. The topological polar surface area (TPSA) is 76.0 Å². The maximum Gasteiger partial charge on any atom is 0.273 e. The molecule has 0 aliphatic carbocycles.